The van der Waals surface area contributed by atoms with E-state index in [1.807, 2.05) is 31.2 Å². The van der Waals surface area contributed by atoms with E-state index in [1.165, 1.54) is 6.33 Å². The summed E-state index contributed by atoms with van der Waals surface area (Å²) < 4.78 is 7.25. The number of hydrazone groups is 1. The normalized spacial score (nSPS) is 17.7. The predicted octanol–water partition coefficient (Wildman–Crippen LogP) is 1.63. The van der Waals surface area contributed by atoms with Gasteiger partial charge >= 0.3 is 0 Å². The average molecular weight is 344 g/mol. The molecule has 8 heteroatoms. The summed E-state index contributed by atoms with van der Waals surface area (Å²) in [5, 5.41) is 12.1. The first kappa shape index (κ1) is 16.5. The molecular formula is C16H20N6OS. The first-order valence-corrected chi connectivity index (χ1v) is 8.28. The molecule has 1 atom stereocenters. The Morgan fingerprint density at radius 1 is 1.42 bits per heavy atom. The highest BCUT2D eigenvalue weighted by molar-refractivity contribution is 7.80. The molecule has 1 aromatic carbocycles. The molecular weight excluding hydrogens is 324 g/mol. The van der Waals surface area contributed by atoms with Crippen LogP contribution in [0.3, 0.4) is 0 Å². The third-order valence-corrected chi connectivity index (χ3v) is 4.04. The lowest BCUT2D eigenvalue weighted by Crippen LogP contribution is -2.37. The van der Waals surface area contributed by atoms with Gasteiger partial charge in [0.05, 0.1) is 17.5 Å². The van der Waals surface area contributed by atoms with Crippen molar-refractivity contribution in [3.8, 4) is 5.69 Å². The SMILES string of the molecule is C/C(=N/NC(=S)NC[C@H]1CCCO1)c1ccc(-n2cncn2)cc1. The number of nitrogens with one attached hydrogen (secondary N) is 2. The molecule has 7 nitrogen and oxygen atoms in total. The van der Waals surface area contributed by atoms with Crippen LogP contribution in [0, 0.1) is 0 Å². The molecule has 1 saturated heterocycles. The molecule has 0 radical (unpaired) electrons. The molecule has 3 rings (SSSR count). The maximum absolute atomic E-state index is 5.54. The smallest absolute Gasteiger partial charge is 0.187 e. The van der Waals surface area contributed by atoms with Crippen molar-refractivity contribution in [2.24, 2.45) is 5.10 Å². The lowest BCUT2D eigenvalue weighted by molar-refractivity contribution is 0.114. The Balaban J connectivity index is 1.52. The summed E-state index contributed by atoms with van der Waals surface area (Å²) in [5.41, 5.74) is 5.68. The number of hydrogen-bond acceptors (Lipinski definition) is 5. The van der Waals surface area contributed by atoms with Gasteiger partial charge in [0.15, 0.2) is 5.11 Å². The van der Waals surface area contributed by atoms with Crippen molar-refractivity contribution < 1.29 is 4.74 Å². The average Bonchev–Trinajstić information content (AvgIpc) is 3.31. The Labute approximate surface area is 146 Å². The maximum Gasteiger partial charge on any atom is 0.187 e. The Bertz CT molecular complexity index is 692. The van der Waals surface area contributed by atoms with Gasteiger partial charge in [-0.3, -0.25) is 5.43 Å². The lowest BCUT2D eigenvalue weighted by Gasteiger charge is -2.12. The molecule has 24 heavy (non-hydrogen) atoms. The molecule has 0 saturated carbocycles. The number of hydrogen-bond donors (Lipinski definition) is 2. The Morgan fingerprint density at radius 3 is 2.92 bits per heavy atom. The van der Waals surface area contributed by atoms with E-state index in [2.05, 4.69) is 25.9 Å². The van der Waals surface area contributed by atoms with Gasteiger partial charge in [-0.05, 0) is 49.7 Å². The van der Waals surface area contributed by atoms with E-state index in [4.69, 9.17) is 17.0 Å². The third-order valence-electron chi connectivity index (χ3n) is 3.81. The summed E-state index contributed by atoms with van der Waals surface area (Å²) in [4.78, 5) is 3.94. The van der Waals surface area contributed by atoms with E-state index < -0.39 is 0 Å². The van der Waals surface area contributed by atoms with Gasteiger partial charge in [0.25, 0.3) is 0 Å². The van der Waals surface area contributed by atoms with Crippen LogP contribution >= 0.6 is 12.2 Å². The molecule has 2 aromatic rings. The van der Waals surface area contributed by atoms with Crippen molar-refractivity contribution in [3.05, 3.63) is 42.5 Å². The molecule has 1 aromatic heterocycles. The van der Waals surface area contributed by atoms with E-state index in [0.717, 1.165) is 36.4 Å². The van der Waals surface area contributed by atoms with E-state index >= 15 is 0 Å². The molecule has 0 amide bonds. The maximum atomic E-state index is 5.54. The van der Waals surface area contributed by atoms with Crippen molar-refractivity contribution in [1.29, 1.82) is 0 Å². The van der Waals surface area contributed by atoms with Gasteiger partial charge < -0.3 is 10.1 Å². The fraction of sp³-hybridized carbons (Fsp3) is 0.375. The molecule has 1 aliphatic rings. The highest BCUT2D eigenvalue weighted by Crippen LogP contribution is 2.10. The van der Waals surface area contributed by atoms with Crippen molar-refractivity contribution in [2.75, 3.05) is 13.2 Å². The number of thiocarbonyl (C=S) groups is 1. The topological polar surface area (TPSA) is 76.4 Å². The van der Waals surface area contributed by atoms with Crippen molar-refractivity contribution >= 4 is 23.0 Å². The highest BCUT2D eigenvalue weighted by atomic mass is 32.1. The van der Waals surface area contributed by atoms with Gasteiger partial charge in [0, 0.05) is 13.2 Å². The zero-order valence-corrected chi connectivity index (χ0v) is 14.3. The largest absolute Gasteiger partial charge is 0.376 e. The van der Waals surface area contributed by atoms with Crippen molar-refractivity contribution in [2.45, 2.75) is 25.9 Å². The molecule has 0 unspecified atom stereocenters. The van der Waals surface area contributed by atoms with Crippen LogP contribution < -0.4 is 10.7 Å². The van der Waals surface area contributed by atoms with E-state index in [0.29, 0.717) is 11.7 Å². The molecule has 0 bridgehead atoms. The fourth-order valence-electron chi connectivity index (χ4n) is 2.45. The van der Waals surface area contributed by atoms with Crippen LogP contribution in [0.15, 0.2) is 42.0 Å². The lowest BCUT2D eigenvalue weighted by atomic mass is 10.1. The zero-order chi connectivity index (χ0) is 16.8. The minimum atomic E-state index is 0.249. The number of rotatable bonds is 5. The molecule has 2 N–H and O–H groups in total. The van der Waals surface area contributed by atoms with Crippen LogP contribution in [0.4, 0.5) is 0 Å². The second kappa shape index (κ2) is 7.98. The predicted molar refractivity (Wildman–Crippen MR) is 96.3 cm³/mol. The molecule has 0 aliphatic carbocycles. The van der Waals surface area contributed by atoms with Crippen LogP contribution in [-0.4, -0.2) is 44.8 Å². The van der Waals surface area contributed by atoms with Gasteiger partial charge in [0.2, 0.25) is 0 Å². The molecule has 126 valence electrons. The Kier molecular flexibility index (Phi) is 5.50. The summed E-state index contributed by atoms with van der Waals surface area (Å²) in [6.45, 7) is 3.49. The van der Waals surface area contributed by atoms with Crippen LogP contribution in [0.1, 0.15) is 25.3 Å². The molecule has 0 spiro atoms. The number of nitrogens with zero attached hydrogens (tertiary/aromatic N) is 4. The van der Waals surface area contributed by atoms with Gasteiger partial charge in [-0.25, -0.2) is 9.67 Å². The van der Waals surface area contributed by atoms with Gasteiger partial charge in [-0.1, -0.05) is 12.1 Å². The summed E-state index contributed by atoms with van der Waals surface area (Å²) in [5.74, 6) is 0. The highest BCUT2D eigenvalue weighted by Gasteiger charge is 2.15. The molecule has 1 aliphatic heterocycles. The van der Waals surface area contributed by atoms with Crippen LogP contribution in [0.2, 0.25) is 0 Å². The summed E-state index contributed by atoms with van der Waals surface area (Å²) in [7, 11) is 0. The van der Waals surface area contributed by atoms with E-state index in [9.17, 15) is 0 Å². The Morgan fingerprint density at radius 2 is 2.25 bits per heavy atom. The monoisotopic (exact) mass is 344 g/mol. The fourth-order valence-corrected chi connectivity index (χ4v) is 2.58. The standard InChI is InChI=1S/C16H20N6OS/c1-12(20-21-16(24)18-9-15-3-2-8-23-15)13-4-6-14(7-5-13)22-11-17-10-19-22/h4-7,10-11,15H,2-3,8-9H2,1H3,(H2,18,21,24)/b20-12-/t15-/m1/s1. The summed E-state index contributed by atoms with van der Waals surface area (Å²) in [6.07, 6.45) is 5.62. The quantitative estimate of drug-likeness (QED) is 0.488. The van der Waals surface area contributed by atoms with Crippen LogP contribution in [0.25, 0.3) is 5.69 Å². The minimum Gasteiger partial charge on any atom is -0.376 e. The molecule has 1 fully saturated rings. The Hall–Kier alpha value is -2.32. The minimum absolute atomic E-state index is 0.249. The van der Waals surface area contributed by atoms with Crippen molar-refractivity contribution in [1.82, 2.24) is 25.5 Å². The van der Waals surface area contributed by atoms with Crippen LogP contribution in [0.5, 0.6) is 0 Å². The molecule has 2 heterocycles. The van der Waals surface area contributed by atoms with Gasteiger partial charge in [0.1, 0.15) is 12.7 Å². The van der Waals surface area contributed by atoms with Crippen LogP contribution in [-0.2, 0) is 4.74 Å². The van der Waals surface area contributed by atoms with E-state index in [-0.39, 0.29) is 6.10 Å². The number of aromatic nitrogens is 3. The summed E-state index contributed by atoms with van der Waals surface area (Å²) in [6, 6.07) is 7.91. The van der Waals surface area contributed by atoms with Gasteiger partial charge in [-0.15, -0.1) is 0 Å². The van der Waals surface area contributed by atoms with Gasteiger partial charge in [-0.2, -0.15) is 10.2 Å². The summed E-state index contributed by atoms with van der Waals surface area (Å²) >= 11 is 5.23. The number of benzene rings is 1. The first-order chi connectivity index (χ1) is 11.7. The third kappa shape index (κ3) is 4.36. The second-order valence-electron chi connectivity index (χ2n) is 5.54. The number of ether oxygens (including phenoxy) is 1. The van der Waals surface area contributed by atoms with E-state index in [1.54, 1.807) is 11.0 Å². The zero-order valence-electron chi connectivity index (χ0n) is 13.5. The first-order valence-electron chi connectivity index (χ1n) is 7.87. The van der Waals surface area contributed by atoms with Crippen molar-refractivity contribution in [3.63, 3.8) is 0 Å². The second-order valence-corrected chi connectivity index (χ2v) is 5.95.